The third-order valence-electron chi connectivity index (χ3n) is 2.34. The maximum atomic E-state index is 12.0. The van der Waals surface area contributed by atoms with E-state index in [0.29, 0.717) is 11.5 Å². The minimum atomic E-state index is 0.00157. The Bertz CT molecular complexity index is 344. The van der Waals surface area contributed by atoms with Gasteiger partial charge < -0.3 is 10.6 Å². The molecule has 15 heavy (non-hydrogen) atoms. The lowest BCUT2D eigenvalue weighted by atomic mass is 10.3. The number of thioether (sulfide) groups is 1. The van der Waals surface area contributed by atoms with Crippen LogP contribution in [0.2, 0.25) is 0 Å². The average molecular weight is 226 g/mol. The Morgan fingerprint density at radius 3 is 3.13 bits per heavy atom. The zero-order chi connectivity index (χ0) is 10.7. The third kappa shape index (κ3) is 2.44. The molecular formula is C9H14N4OS. The Morgan fingerprint density at radius 1 is 1.53 bits per heavy atom. The minimum absolute atomic E-state index is 0.00157. The van der Waals surface area contributed by atoms with E-state index in [-0.39, 0.29) is 5.91 Å². The molecule has 5 nitrogen and oxygen atoms in total. The molecule has 0 bridgehead atoms. The van der Waals surface area contributed by atoms with Crippen LogP contribution in [0.3, 0.4) is 0 Å². The van der Waals surface area contributed by atoms with Crippen molar-refractivity contribution < 1.29 is 4.79 Å². The number of aromatic amines is 1. The van der Waals surface area contributed by atoms with Crippen LogP contribution in [0.1, 0.15) is 16.9 Å². The number of nitrogens with zero attached hydrogens (tertiary/aromatic N) is 2. The Balaban J connectivity index is 2.06. The summed E-state index contributed by atoms with van der Waals surface area (Å²) in [7, 11) is 0. The molecule has 1 aliphatic rings. The van der Waals surface area contributed by atoms with Crippen molar-refractivity contribution in [3.8, 4) is 0 Å². The number of amides is 1. The van der Waals surface area contributed by atoms with Crippen LogP contribution >= 0.6 is 11.8 Å². The van der Waals surface area contributed by atoms with Crippen molar-refractivity contribution in [3.05, 3.63) is 11.8 Å². The second-order valence-electron chi connectivity index (χ2n) is 3.46. The normalized spacial score (nSPS) is 17.5. The molecule has 2 rings (SSSR count). The van der Waals surface area contributed by atoms with Crippen LogP contribution in [-0.4, -0.2) is 45.6 Å². The van der Waals surface area contributed by atoms with Crippen molar-refractivity contribution in [2.24, 2.45) is 0 Å². The monoisotopic (exact) mass is 226 g/mol. The lowest BCUT2D eigenvalue weighted by Crippen LogP contribution is -2.33. The van der Waals surface area contributed by atoms with Gasteiger partial charge in [-0.1, -0.05) is 0 Å². The molecule has 82 valence electrons. The maximum Gasteiger partial charge on any atom is 0.271 e. The molecule has 0 aliphatic carbocycles. The summed E-state index contributed by atoms with van der Waals surface area (Å²) in [5.41, 5.74) is 5.95. The van der Waals surface area contributed by atoms with Gasteiger partial charge in [0.1, 0.15) is 11.5 Å². The summed E-state index contributed by atoms with van der Waals surface area (Å²) in [6.45, 7) is 1.63. The summed E-state index contributed by atoms with van der Waals surface area (Å²) >= 11 is 1.89. The number of aromatic nitrogens is 2. The van der Waals surface area contributed by atoms with E-state index in [1.165, 1.54) is 0 Å². The Labute approximate surface area is 92.4 Å². The maximum absolute atomic E-state index is 12.0. The second kappa shape index (κ2) is 4.57. The number of nitrogens with one attached hydrogen (secondary N) is 1. The molecule has 0 aromatic carbocycles. The first-order valence-corrected chi connectivity index (χ1v) is 6.11. The first-order valence-electron chi connectivity index (χ1n) is 4.95. The Hall–Kier alpha value is -1.17. The molecule has 0 atom stereocenters. The van der Waals surface area contributed by atoms with Crippen molar-refractivity contribution in [2.45, 2.75) is 6.42 Å². The highest BCUT2D eigenvalue weighted by Crippen LogP contribution is 2.13. The minimum Gasteiger partial charge on any atom is -0.382 e. The number of nitrogens with two attached hydrogens (primary N) is 1. The molecule has 6 heteroatoms. The fraction of sp³-hybridized carbons (Fsp3) is 0.556. The molecule has 1 aliphatic heterocycles. The van der Waals surface area contributed by atoms with Crippen molar-refractivity contribution in [1.82, 2.24) is 15.1 Å². The van der Waals surface area contributed by atoms with Crippen LogP contribution < -0.4 is 5.73 Å². The molecule has 1 aromatic heterocycles. The van der Waals surface area contributed by atoms with E-state index in [4.69, 9.17) is 5.73 Å². The van der Waals surface area contributed by atoms with Gasteiger partial charge in [0.05, 0.1) is 0 Å². The van der Waals surface area contributed by atoms with Gasteiger partial charge in [0.2, 0.25) is 0 Å². The molecule has 1 saturated heterocycles. The van der Waals surface area contributed by atoms with E-state index in [1.807, 2.05) is 16.7 Å². The van der Waals surface area contributed by atoms with Crippen molar-refractivity contribution in [2.75, 3.05) is 30.3 Å². The van der Waals surface area contributed by atoms with Gasteiger partial charge >= 0.3 is 0 Å². The molecule has 2 heterocycles. The molecule has 1 amide bonds. The van der Waals surface area contributed by atoms with Crippen LogP contribution in [0, 0.1) is 0 Å². The number of carbonyl (C=O) groups excluding carboxylic acids is 1. The largest absolute Gasteiger partial charge is 0.382 e. The van der Waals surface area contributed by atoms with Gasteiger partial charge in [-0.15, -0.1) is 0 Å². The Kier molecular flexibility index (Phi) is 3.15. The van der Waals surface area contributed by atoms with E-state index in [1.54, 1.807) is 6.07 Å². The van der Waals surface area contributed by atoms with Gasteiger partial charge in [-0.05, 0) is 12.2 Å². The Morgan fingerprint density at radius 2 is 2.40 bits per heavy atom. The van der Waals surface area contributed by atoms with Crippen LogP contribution in [-0.2, 0) is 0 Å². The quantitative estimate of drug-likeness (QED) is 0.734. The van der Waals surface area contributed by atoms with Gasteiger partial charge in [0.25, 0.3) is 5.91 Å². The molecule has 1 fully saturated rings. The fourth-order valence-corrected chi connectivity index (χ4v) is 2.45. The molecule has 0 spiro atoms. The van der Waals surface area contributed by atoms with Crippen LogP contribution in [0.25, 0.3) is 0 Å². The number of rotatable bonds is 1. The standard InChI is InChI=1S/C9H14N4OS/c10-8-6-7(11-12-8)9(14)13-2-1-4-15-5-3-13/h6H,1-5H2,(H3,10,11,12). The number of anilines is 1. The summed E-state index contributed by atoms with van der Waals surface area (Å²) in [5, 5.41) is 6.41. The second-order valence-corrected chi connectivity index (χ2v) is 4.69. The fourth-order valence-electron chi connectivity index (χ4n) is 1.57. The highest BCUT2D eigenvalue weighted by atomic mass is 32.2. The zero-order valence-electron chi connectivity index (χ0n) is 8.40. The predicted molar refractivity (Wildman–Crippen MR) is 60.8 cm³/mol. The van der Waals surface area contributed by atoms with Crippen LogP contribution in [0.15, 0.2) is 6.07 Å². The van der Waals surface area contributed by atoms with Crippen LogP contribution in [0.4, 0.5) is 5.82 Å². The molecular weight excluding hydrogens is 212 g/mol. The molecule has 0 radical (unpaired) electrons. The van der Waals surface area contributed by atoms with Crippen molar-refractivity contribution in [3.63, 3.8) is 0 Å². The number of H-pyrrole nitrogens is 1. The van der Waals surface area contributed by atoms with Gasteiger partial charge in [-0.25, -0.2) is 0 Å². The van der Waals surface area contributed by atoms with E-state index in [0.717, 1.165) is 31.0 Å². The van der Waals surface area contributed by atoms with E-state index in [9.17, 15) is 4.79 Å². The highest BCUT2D eigenvalue weighted by Gasteiger charge is 2.18. The van der Waals surface area contributed by atoms with Crippen LogP contribution in [0.5, 0.6) is 0 Å². The molecule has 0 unspecified atom stereocenters. The van der Waals surface area contributed by atoms with Crippen molar-refractivity contribution in [1.29, 1.82) is 0 Å². The first-order chi connectivity index (χ1) is 7.27. The molecule has 1 aromatic rings. The lowest BCUT2D eigenvalue weighted by molar-refractivity contribution is 0.0762. The van der Waals surface area contributed by atoms with Gasteiger partial charge in [0, 0.05) is 24.9 Å². The van der Waals surface area contributed by atoms with Crippen molar-refractivity contribution >= 4 is 23.5 Å². The molecule has 0 saturated carbocycles. The highest BCUT2D eigenvalue weighted by molar-refractivity contribution is 7.99. The summed E-state index contributed by atoms with van der Waals surface area (Å²) in [6.07, 6.45) is 1.06. The van der Waals surface area contributed by atoms with Gasteiger partial charge in [-0.3, -0.25) is 9.89 Å². The summed E-state index contributed by atoms with van der Waals surface area (Å²) < 4.78 is 0. The van der Waals surface area contributed by atoms with Gasteiger partial charge in [0.15, 0.2) is 0 Å². The number of hydrogen-bond acceptors (Lipinski definition) is 4. The first kappa shape index (κ1) is 10.4. The van der Waals surface area contributed by atoms with E-state index >= 15 is 0 Å². The molecule has 3 N–H and O–H groups in total. The lowest BCUT2D eigenvalue weighted by Gasteiger charge is -2.18. The van der Waals surface area contributed by atoms with E-state index in [2.05, 4.69) is 10.2 Å². The smallest absolute Gasteiger partial charge is 0.271 e. The average Bonchev–Trinajstić information content (AvgIpc) is 2.53. The van der Waals surface area contributed by atoms with Gasteiger partial charge in [-0.2, -0.15) is 16.9 Å². The third-order valence-corrected chi connectivity index (χ3v) is 3.39. The number of nitrogen functional groups attached to an aromatic ring is 1. The summed E-state index contributed by atoms with van der Waals surface area (Å²) in [4.78, 5) is 13.8. The zero-order valence-corrected chi connectivity index (χ0v) is 9.22. The number of carbonyl (C=O) groups is 1. The summed E-state index contributed by atoms with van der Waals surface area (Å²) in [5.74, 6) is 2.51. The van der Waals surface area contributed by atoms with E-state index < -0.39 is 0 Å². The predicted octanol–water partition coefficient (Wildman–Crippen LogP) is 0.571. The summed E-state index contributed by atoms with van der Waals surface area (Å²) in [6, 6.07) is 1.58. The topological polar surface area (TPSA) is 75.0 Å². The SMILES string of the molecule is Nc1cc(C(=O)N2CCCSCC2)[nH]n1. The number of hydrogen-bond donors (Lipinski definition) is 2.